The van der Waals surface area contributed by atoms with Crippen LogP contribution in [0.15, 0.2) is 47.5 Å². The van der Waals surface area contributed by atoms with Crippen LogP contribution in [0.2, 0.25) is 0 Å². The van der Waals surface area contributed by atoms with E-state index in [1.807, 2.05) is 12.3 Å². The molecule has 0 N–H and O–H groups in total. The van der Waals surface area contributed by atoms with Gasteiger partial charge >= 0.3 is 0 Å². The van der Waals surface area contributed by atoms with Crippen molar-refractivity contribution in [1.29, 1.82) is 0 Å². The number of hydrogen-bond donors (Lipinski definition) is 0. The predicted octanol–water partition coefficient (Wildman–Crippen LogP) is 3.22. The van der Waals surface area contributed by atoms with Gasteiger partial charge in [-0.05, 0) is 11.6 Å². The quantitative estimate of drug-likeness (QED) is 0.765. The molecule has 0 saturated carbocycles. The summed E-state index contributed by atoms with van der Waals surface area (Å²) in [5.74, 6) is 1.67. The fraction of sp³-hybridized carbons (Fsp3) is 0.353. The van der Waals surface area contributed by atoms with Crippen LogP contribution in [0.3, 0.4) is 0 Å². The van der Waals surface area contributed by atoms with Crippen molar-refractivity contribution in [2.45, 2.75) is 10.6 Å². The highest BCUT2D eigenvalue weighted by Gasteiger charge is 2.19. The van der Waals surface area contributed by atoms with E-state index in [9.17, 15) is 0 Å². The number of rotatable bonds is 6. The maximum atomic E-state index is 5.65. The summed E-state index contributed by atoms with van der Waals surface area (Å²) in [5.41, 5.74) is 2.39. The summed E-state index contributed by atoms with van der Waals surface area (Å²) >= 11 is 1.80. The van der Waals surface area contributed by atoms with Crippen LogP contribution >= 0.6 is 11.8 Å². The first kappa shape index (κ1) is 15.2. The molecule has 1 aromatic carbocycles. The summed E-state index contributed by atoms with van der Waals surface area (Å²) in [4.78, 5) is 7.91. The van der Waals surface area contributed by atoms with Crippen molar-refractivity contribution in [3.05, 3.63) is 48.2 Å². The maximum absolute atomic E-state index is 5.65. The molecule has 2 aromatic rings. The average Bonchev–Trinajstić information content (AvgIpc) is 2.59. The summed E-state index contributed by atoms with van der Waals surface area (Å²) in [6.45, 7) is 3.13. The SMILES string of the molecule is COCCN1CCOc2ncc(SCc3ccccc3)cc21. The summed E-state index contributed by atoms with van der Waals surface area (Å²) in [5, 5.41) is 0. The Morgan fingerprint density at radius 2 is 2.18 bits per heavy atom. The Hall–Kier alpha value is -1.72. The summed E-state index contributed by atoms with van der Waals surface area (Å²) in [7, 11) is 1.73. The highest BCUT2D eigenvalue weighted by Crippen LogP contribution is 2.33. The number of hydrogen-bond acceptors (Lipinski definition) is 5. The molecule has 1 aliphatic heterocycles. The molecule has 0 spiro atoms. The third kappa shape index (κ3) is 3.72. The van der Waals surface area contributed by atoms with Crippen molar-refractivity contribution < 1.29 is 9.47 Å². The Morgan fingerprint density at radius 1 is 1.32 bits per heavy atom. The van der Waals surface area contributed by atoms with E-state index >= 15 is 0 Å². The molecule has 3 rings (SSSR count). The molecule has 116 valence electrons. The van der Waals surface area contributed by atoms with Crippen molar-refractivity contribution in [3.8, 4) is 5.88 Å². The topological polar surface area (TPSA) is 34.6 Å². The lowest BCUT2D eigenvalue weighted by molar-refractivity contribution is 0.200. The van der Waals surface area contributed by atoms with Crippen LogP contribution in [0.5, 0.6) is 5.88 Å². The normalized spacial score (nSPS) is 13.6. The fourth-order valence-corrected chi connectivity index (χ4v) is 3.23. The zero-order chi connectivity index (χ0) is 15.2. The molecule has 2 heterocycles. The van der Waals surface area contributed by atoms with Gasteiger partial charge in [0.1, 0.15) is 12.3 Å². The number of methoxy groups -OCH3 is 1. The highest BCUT2D eigenvalue weighted by molar-refractivity contribution is 7.98. The molecule has 0 fully saturated rings. The summed E-state index contributed by atoms with van der Waals surface area (Å²) in [6, 6.07) is 12.6. The monoisotopic (exact) mass is 316 g/mol. The van der Waals surface area contributed by atoms with Crippen LogP contribution in [-0.2, 0) is 10.5 Å². The second kappa shape index (κ2) is 7.51. The predicted molar refractivity (Wildman–Crippen MR) is 89.8 cm³/mol. The first-order valence-electron chi connectivity index (χ1n) is 7.40. The third-order valence-electron chi connectivity index (χ3n) is 3.56. The largest absolute Gasteiger partial charge is 0.474 e. The first-order chi connectivity index (χ1) is 10.9. The minimum Gasteiger partial charge on any atom is -0.474 e. The van der Waals surface area contributed by atoms with Gasteiger partial charge < -0.3 is 14.4 Å². The van der Waals surface area contributed by atoms with E-state index in [1.165, 1.54) is 5.56 Å². The lowest BCUT2D eigenvalue weighted by Crippen LogP contribution is -2.35. The highest BCUT2D eigenvalue weighted by atomic mass is 32.2. The molecule has 0 amide bonds. The number of benzene rings is 1. The summed E-state index contributed by atoms with van der Waals surface area (Å²) < 4.78 is 10.8. The second-order valence-corrected chi connectivity index (χ2v) is 6.15. The van der Waals surface area contributed by atoms with Crippen LogP contribution < -0.4 is 9.64 Å². The minimum absolute atomic E-state index is 0.681. The molecular formula is C17H20N2O2S. The summed E-state index contributed by atoms with van der Waals surface area (Å²) in [6.07, 6.45) is 1.90. The molecule has 1 aromatic heterocycles. The average molecular weight is 316 g/mol. The minimum atomic E-state index is 0.681. The van der Waals surface area contributed by atoms with E-state index in [4.69, 9.17) is 9.47 Å². The van der Waals surface area contributed by atoms with Crippen molar-refractivity contribution in [2.75, 3.05) is 38.3 Å². The fourth-order valence-electron chi connectivity index (χ4n) is 2.39. The Kier molecular flexibility index (Phi) is 5.19. The maximum Gasteiger partial charge on any atom is 0.237 e. The van der Waals surface area contributed by atoms with E-state index < -0.39 is 0 Å². The first-order valence-corrected chi connectivity index (χ1v) is 8.39. The number of ether oxygens (including phenoxy) is 2. The van der Waals surface area contributed by atoms with Crippen molar-refractivity contribution >= 4 is 17.4 Å². The molecule has 4 nitrogen and oxygen atoms in total. The molecule has 0 radical (unpaired) electrons. The second-order valence-electron chi connectivity index (χ2n) is 5.10. The van der Waals surface area contributed by atoms with Gasteiger partial charge in [-0.15, -0.1) is 11.8 Å². The van der Waals surface area contributed by atoms with Gasteiger partial charge in [0.15, 0.2) is 0 Å². The lowest BCUT2D eigenvalue weighted by Gasteiger charge is -2.30. The number of nitrogens with zero attached hydrogens (tertiary/aromatic N) is 2. The van der Waals surface area contributed by atoms with Gasteiger partial charge in [0.2, 0.25) is 5.88 Å². The lowest BCUT2D eigenvalue weighted by atomic mass is 10.2. The van der Waals surface area contributed by atoms with Crippen molar-refractivity contribution in [2.24, 2.45) is 0 Å². The molecule has 0 atom stereocenters. The van der Waals surface area contributed by atoms with Crippen LogP contribution in [0.1, 0.15) is 5.56 Å². The molecule has 5 heteroatoms. The molecule has 0 saturated heterocycles. The Morgan fingerprint density at radius 3 is 3.00 bits per heavy atom. The Labute approximate surface area is 135 Å². The van der Waals surface area contributed by atoms with E-state index in [1.54, 1.807) is 18.9 Å². The van der Waals surface area contributed by atoms with Crippen molar-refractivity contribution in [1.82, 2.24) is 4.98 Å². The van der Waals surface area contributed by atoms with Crippen LogP contribution in [0.25, 0.3) is 0 Å². The van der Waals surface area contributed by atoms with E-state index in [0.29, 0.717) is 13.2 Å². The van der Waals surface area contributed by atoms with Gasteiger partial charge in [-0.3, -0.25) is 0 Å². The van der Waals surface area contributed by atoms with Crippen LogP contribution in [0.4, 0.5) is 5.69 Å². The molecular weight excluding hydrogens is 296 g/mol. The van der Waals surface area contributed by atoms with E-state index in [2.05, 4.69) is 40.2 Å². The van der Waals surface area contributed by atoms with Gasteiger partial charge in [-0.2, -0.15) is 0 Å². The number of aromatic nitrogens is 1. The standard InChI is InChI=1S/C17H20N2O2S/c1-20-9-7-19-8-10-21-17-16(19)11-15(12-18-17)22-13-14-5-3-2-4-6-14/h2-6,11-12H,7-10,13H2,1H3. The third-order valence-corrected chi connectivity index (χ3v) is 4.60. The Balaban J connectivity index is 1.71. The smallest absolute Gasteiger partial charge is 0.237 e. The zero-order valence-electron chi connectivity index (χ0n) is 12.7. The van der Waals surface area contributed by atoms with Crippen LogP contribution in [-0.4, -0.2) is 38.4 Å². The van der Waals surface area contributed by atoms with Gasteiger partial charge in [-0.25, -0.2) is 4.98 Å². The van der Waals surface area contributed by atoms with Gasteiger partial charge in [0, 0.05) is 30.5 Å². The molecule has 22 heavy (non-hydrogen) atoms. The van der Waals surface area contributed by atoms with E-state index in [0.717, 1.165) is 35.3 Å². The molecule has 0 bridgehead atoms. The molecule has 0 unspecified atom stereocenters. The van der Waals surface area contributed by atoms with Gasteiger partial charge in [-0.1, -0.05) is 30.3 Å². The van der Waals surface area contributed by atoms with Crippen molar-refractivity contribution in [3.63, 3.8) is 0 Å². The molecule has 1 aliphatic rings. The Bertz CT molecular complexity index is 607. The number of anilines is 1. The number of fused-ring (bicyclic) bond motifs is 1. The van der Waals surface area contributed by atoms with Gasteiger partial charge in [0.05, 0.1) is 13.2 Å². The van der Waals surface area contributed by atoms with E-state index in [-0.39, 0.29) is 0 Å². The zero-order valence-corrected chi connectivity index (χ0v) is 13.5. The van der Waals surface area contributed by atoms with Gasteiger partial charge in [0.25, 0.3) is 0 Å². The molecule has 0 aliphatic carbocycles. The number of thioether (sulfide) groups is 1. The number of pyridine rings is 1. The van der Waals surface area contributed by atoms with Crippen LogP contribution in [0, 0.1) is 0 Å².